The zero-order chi connectivity index (χ0) is 42.6. The zero-order valence-corrected chi connectivity index (χ0v) is 40.6. The van der Waals surface area contributed by atoms with Crippen molar-refractivity contribution in [2.45, 2.75) is 214 Å². The van der Waals surface area contributed by atoms with E-state index in [4.69, 9.17) is 18.9 Å². The van der Waals surface area contributed by atoms with Crippen molar-refractivity contribution in [3.63, 3.8) is 0 Å². The van der Waals surface area contributed by atoms with Gasteiger partial charge in [0, 0.05) is 33.4 Å². The third-order valence-electron chi connectivity index (χ3n) is 16.9. The predicted molar refractivity (Wildman–Crippen MR) is 255 cm³/mol. The second kappa shape index (κ2) is 26.7. The fourth-order valence-electron chi connectivity index (χ4n) is 13.2. The van der Waals surface area contributed by atoms with Crippen LogP contribution in [0.3, 0.4) is 0 Å². The molecular weight excluding hydrogens is 739 g/mol. The van der Waals surface area contributed by atoms with Gasteiger partial charge in [-0.05, 0) is 143 Å². The monoisotopic (exact) mass is 836 g/mol. The lowest BCUT2D eigenvalue weighted by Crippen LogP contribution is -2.51. The molecule has 1 saturated heterocycles. The van der Waals surface area contributed by atoms with Crippen molar-refractivity contribution in [3.8, 4) is 0 Å². The van der Waals surface area contributed by atoms with E-state index in [1.165, 1.54) is 128 Å². The Kier molecular flexibility index (Phi) is 22.3. The van der Waals surface area contributed by atoms with Gasteiger partial charge < -0.3 is 18.9 Å². The molecule has 2 unspecified atom stereocenters. The topological polar surface area (TPSA) is 40.2 Å². The van der Waals surface area contributed by atoms with E-state index in [9.17, 15) is 0 Å². The highest BCUT2D eigenvalue weighted by atomic mass is 16.6. The van der Waals surface area contributed by atoms with E-state index in [-0.39, 0.29) is 6.10 Å². The van der Waals surface area contributed by atoms with Crippen molar-refractivity contribution in [2.75, 3.05) is 53.2 Å². The van der Waals surface area contributed by atoms with Gasteiger partial charge in [0.05, 0.1) is 38.1 Å². The number of rotatable bonds is 30. The molecule has 346 valence electrons. The number of allylic oxidation sites excluding steroid dienone is 5. The van der Waals surface area contributed by atoms with E-state index >= 15 is 0 Å². The van der Waals surface area contributed by atoms with E-state index in [1.807, 2.05) is 7.11 Å². The van der Waals surface area contributed by atoms with Crippen LogP contribution in [0.1, 0.15) is 196 Å². The minimum Gasteiger partial charge on any atom is -0.380 e. The van der Waals surface area contributed by atoms with Gasteiger partial charge in [-0.2, -0.15) is 0 Å². The Bertz CT molecular complexity index is 1260. The molecule has 5 heteroatoms. The molecule has 3 saturated carbocycles. The lowest BCUT2D eigenvalue weighted by molar-refractivity contribution is -0.0795. The highest BCUT2D eigenvalue weighted by molar-refractivity contribution is 5.25. The van der Waals surface area contributed by atoms with Gasteiger partial charge in [-0.1, -0.05) is 135 Å². The fraction of sp³-hybridized carbons (Fsp3) is 0.891. The Labute approximate surface area is 372 Å². The van der Waals surface area contributed by atoms with E-state index in [2.05, 4.69) is 76.8 Å². The molecular formula is C55H97NO4. The van der Waals surface area contributed by atoms with E-state index < -0.39 is 0 Å². The second-order valence-electron chi connectivity index (χ2n) is 21.6. The molecule has 0 bridgehead atoms. The smallest absolute Gasteiger partial charge is 0.0936 e. The number of ether oxygens (including phenoxy) is 4. The molecule has 5 nitrogen and oxygen atoms in total. The quantitative estimate of drug-likeness (QED) is 0.0532. The average Bonchev–Trinajstić information content (AvgIpc) is 3.85. The number of methoxy groups -OCH3 is 1. The summed E-state index contributed by atoms with van der Waals surface area (Å²) in [6, 6.07) is 0. The van der Waals surface area contributed by atoms with Crippen LogP contribution >= 0.6 is 0 Å². The van der Waals surface area contributed by atoms with E-state index in [0.717, 1.165) is 87.4 Å². The first-order valence-corrected chi connectivity index (χ1v) is 26.2. The summed E-state index contributed by atoms with van der Waals surface area (Å²) in [5, 5.41) is 0. The average molecular weight is 836 g/mol. The highest BCUT2D eigenvalue weighted by Crippen LogP contribution is 2.67. The Balaban J connectivity index is 0.971. The van der Waals surface area contributed by atoms with Crippen LogP contribution in [0.2, 0.25) is 0 Å². The van der Waals surface area contributed by atoms with Crippen LogP contribution in [0.4, 0.5) is 0 Å². The van der Waals surface area contributed by atoms with Crippen molar-refractivity contribution in [2.24, 2.45) is 46.3 Å². The summed E-state index contributed by atoms with van der Waals surface area (Å²) in [6.07, 6.45) is 44.3. The van der Waals surface area contributed by atoms with Crippen molar-refractivity contribution in [1.82, 2.24) is 4.90 Å². The minimum atomic E-state index is 0.0802. The Morgan fingerprint density at radius 2 is 1.53 bits per heavy atom. The number of likely N-dealkylation sites (tertiary alicyclic amines) is 1. The number of nitrogens with zero attached hydrogens (tertiary/aromatic N) is 1. The maximum absolute atomic E-state index is 6.64. The normalized spacial score (nSPS) is 31.8. The maximum Gasteiger partial charge on any atom is 0.0936 e. The number of hydrogen-bond acceptors (Lipinski definition) is 5. The highest BCUT2D eigenvalue weighted by Gasteiger charge is 2.59. The van der Waals surface area contributed by atoms with E-state index in [1.54, 1.807) is 5.57 Å². The molecule has 0 aromatic rings. The first kappa shape index (κ1) is 50.0. The second-order valence-corrected chi connectivity index (χ2v) is 21.6. The summed E-state index contributed by atoms with van der Waals surface area (Å²) < 4.78 is 25.1. The van der Waals surface area contributed by atoms with Gasteiger partial charge in [-0.15, -0.1) is 0 Å². The van der Waals surface area contributed by atoms with Crippen LogP contribution in [0.5, 0.6) is 0 Å². The Morgan fingerprint density at radius 3 is 2.28 bits per heavy atom. The molecule has 1 heterocycles. The van der Waals surface area contributed by atoms with Gasteiger partial charge >= 0.3 is 0 Å². The summed E-state index contributed by atoms with van der Waals surface area (Å²) in [5.41, 5.74) is 2.67. The van der Waals surface area contributed by atoms with Gasteiger partial charge in [0.25, 0.3) is 0 Å². The molecule has 4 fully saturated rings. The molecule has 60 heavy (non-hydrogen) atoms. The van der Waals surface area contributed by atoms with Crippen LogP contribution in [-0.4, -0.2) is 76.4 Å². The van der Waals surface area contributed by atoms with Crippen molar-refractivity contribution >= 4 is 0 Å². The van der Waals surface area contributed by atoms with Crippen LogP contribution in [0, 0.1) is 46.3 Å². The summed E-state index contributed by atoms with van der Waals surface area (Å²) in [4.78, 5) is 2.50. The van der Waals surface area contributed by atoms with Gasteiger partial charge in [-0.25, -0.2) is 0 Å². The van der Waals surface area contributed by atoms with Crippen molar-refractivity contribution < 1.29 is 18.9 Å². The van der Waals surface area contributed by atoms with Crippen LogP contribution in [0.15, 0.2) is 36.0 Å². The Morgan fingerprint density at radius 1 is 0.767 bits per heavy atom. The van der Waals surface area contributed by atoms with Crippen molar-refractivity contribution in [1.29, 1.82) is 0 Å². The summed E-state index contributed by atoms with van der Waals surface area (Å²) in [6.45, 7) is 20.9. The number of unbranched alkanes of at least 4 members (excludes halogenated alkanes) is 9. The molecule has 0 amide bonds. The molecule has 0 radical (unpaired) electrons. The first-order valence-electron chi connectivity index (χ1n) is 26.2. The Hall–Kier alpha value is -0.980. The van der Waals surface area contributed by atoms with Crippen LogP contribution in [0.25, 0.3) is 0 Å². The van der Waals surface area contributed by atoms with Gasteiger partial charge in [-0.3, -0.25) is 4.90 Å². The van der Waals surface area contributed by atoms with E-state index in [0.29, 0.717) is 42.9 Å². The van der Waals surface area contributed by atoms with Crippen LogP contribution < -0.4 is 0 Å². The van der Waals surface area contributed by atoms with Crippen LogP contribution in [-0.2, 0) is 18.9 Å². The largest absolute Gasteiger partial charge is 0.380 e. The number of fused-ring (bicyclic) bond motifs is 5. The lowest BCUT2D eigenvalue weighted by Gasteiger charge is -2.58. The molecule has 1 aliphatic heterocycles. The van der Waals surface area contributed by atoms with Gasteiger partial charge in [0.2, 0.25) is 0 Å². The minimum absolute atomic E-state index is 0.0802. The van der Waals surface area contributed by atoms with Gasteiger partial charge in [0.15, 0.2) is 0 Å². The molecule has 0 aromatic heterocycles. The molecule has 5 rings (SSSR count). The number of hydrogen-bond donors (Lipinski definition) is 0. The molecule has 5 aliphatic rings. The predicted octanol–water partition coefficient (Wildman–Crippen LogP) is 14.3. The van der Waals surface area contributed by atoms with Crippen molar-refractivity contribution in [3.05, 3.63) is 36.0 Å². The third kappa shape index (κ3) is 15.1. The standard InChI is InChI=1S/C55H97NO4/c1-8-9-10-11-12-13-14-15-16-17-18-19-20-21-22-23-37-58-43-49(42-56-36-33-48(41-56)57-7)60-39-38-59-47-31-34-54(5)46(40-47)27-28-50-52-30-29-51(45(4)26-24-25-44(2)3)55(52,6)35-32-53(50)54/h12-13,15-16,27,44-45,47-53H,8-11,14,17-26,28-43H2,1-7H3/b13-12-,16-15-/t45-,47+,48?,49?,50+,51-,52+,53+,54+,55-/m1/s1. The first-order chi connectivity index (χ1) is 29.2. The molecule has 0 aromatic carbocycles. The SMILES string of the molecule is CCCCC/C=C\C/C=C\CCCCCCCCOCC(CN1CCC(OC)C1)OCCO[C@H]1CC[C@@]2(C)C(=CC[C@H]3[C@@H]4CC[C@H]([C@H](C)CCCC(C)C)[C@@]4(C)CC[C@@H]32)C1. The molecule has 0 spiro atoms. The lowest BCUT2D eigenvalue weighted by atomic mass is 9.47. The zero-order valence-electron chi connectivity index (χ0n) is 40.6. The summed E-state index contributed by atoms with van der Waals surface area (Å²) in [5.74, 6) is 5.35. The summed E-state index contributed by atoms with van der Waals surface area (Å²) >= 11 is 0. The fourth-order valence-corrected chi connectivity index (χ4v) is 13.2. The molecule has 10 atom stereocenters. The molecule has 4 aliphatic carbocycles. The van der Waals surface area contributed by atoms with Gasteiger partial charge in [0.1, 0.15) is 0 Å². The third-order valence-corrected chi connectivity index (χ3v) is 16.9. The maximum atomic E-state index is 6.64. The molecule has 0 N–H and O–H groups in total. The summed E-state index contributed by atoms with van der Waals surface area (Å²) in [7, 11) is 1.84.